The highest BCUT2D eigenvalue weighted by Crippen LogP contribution is 2.39. The van der Waals surface area contributed by atoms with Crippen LogP contribution in [0.3, 0.4) is 0 Å². The van der Waals surface area contributed by atoms with E-state index in [1.165, 1.54) is 11.3 Å². The third kappa shape index (κ3) is 2.74. The molecule has 0 fully saturated rings. The highest BCUT2D eigenvalue weighted by molar-refractivity contribution is 7.17. The monoisotopic (exact) mass is 359 g/mol. The van der Waals surface area contributed by atoms with Crippen LogP contribution in [0, 0.1) is 0 Å². The Morgan fingerprint density at radius 1 is 1.46 bits per heavy atom. The van der Waals surface area contributed by atoms with Gasteiger partial charge in [0.25, 0.3) is 0 Å². The van der Waals surface area contributed by atoms with Crippen LogP contribution in [0.1, 0.15) is 29.3 Å². The number of hydrogen-bond donors (Lipinski definition) is 1. The highest BCUT2D eigenvalue weighted by atomic mass is 35.5. The number of aromatic nitrogens is 1. The van der Waals surface area contributed by atoms with E-state index in [-0.39, 0.29) is 12.5 Å². The molecule has 1 N–H and O–H groups in total. The maximum absolute atomic E-state index is 11.0. The van der Waals surface area contributed by atoms with Crippen LogP contribution in [0.2, 0.25) is 5.02 Å². The third-order valence-electron chi connectivity index (χ3n) is 4.21. The average Bonchev–Trinajstić information content (AvgIpc) is 3.12. The lowest BCUT2D eigenvalue weighted by Gasteiger charge is -2.15. The predicted octanol–water partition coefficient (Wildman–Crippen LogP) is 4.64. The van der Waals surface area contributed by atoms with Crippen molar-refractivity contribution in [2.45, 2.75) is 25.4 Å². The van der Waals surface area contributed by atoms with Gasteiger partial charge in [0.15, 0.2) is 0 Å². The minimum atomic E-state index is -0.860. The van der Waals surface area contributed by atoms with Gasteiger partial charge < -0.3 is 9.84 Å². The Bertz CT molecular complexity index is 937. The first-order valence-electron chi connectivity index (χ1n) is 7.63. The van der Waals surface area contributed by atoms with Crippen LogP contribution in [0.5, 0.6) is 5.75 Å². The molecule has 1 unspecified atom stereocenters. The molecule has 4 rings (SSSR count). The lowest BCUT2D eigenvalue weighted by molar-refractivity contribution is -0.136. The minimum absolute atomic E-state index is 0.0133. The number of carbonyl (C=O) groups is 1. The van der Waals surface area contributed by atoms with Gasteiger partial charge >= 0.3 is 5.97 Å². The summed E-state index contributed by atoms with van der Waals surface area (Å²) in [6.07, 6.45) is 3.58. The van der Waals surface area contributed by atoms with E-state index in [1.807, 2.05) is 17.5 Å². The van der Waals surface area contributed by atoms with Crippen molar-refractivity contribution < 1.29 is 14.6 Å². The normalized spacial score (nSPS) is 16.3. The zero-order valence-electron chi connectivity index (χ0n) is 12.7. The first kappa shape index (κ1) is 15.4. The van der Waals surface area contributed by atoms with Crippen LogP contribution < -0.4 is 4.74 Å². The maximum Gasteiger partial charge on any atom is 0.307 e. The number of carboxylic acids is 1. The number of carboxylic acid groups (broad SMARTS) is 1. The summed E-state index contributed by atoms with van der Waals surface area (Å²) in [6, 6.07) is 7.69. The van der Waals surface area contributed by atoms with Gasteiger partial charge in [0.1, 0.15) is 11.9 Å². The fraction of sp³-hybridized carbons (Fsp3) is 0.222. The van der Waals surface area contributed by atoms with Crippen LogP contribution in [-0.4, -0.2) is 16.1 Å². The first-order chi connectivity index (χ1) is 11.6. The Kier molecular flexibility index (Phi) is 3.90. The summed E-state index contributed by atoms with van der Waals surface area (Å²) < 4.78 is 7.09. The zero-order chi connectivity index (χ0) is 16.7. The standard InChI is InChI=1S/C18H14ClNO3S/c19-13-7-11(8-16-18(13)10(9-24-16)6-17(21)22)23-15-4-3-14-12(15)2-1-5-20-14/h1-2,5,7-9,15H,3-4,6H2,(H,21,22). The number of pyridine rings is 1. The third-order valence-corrected chi connectivity index (χ3v) is 5.49. The van der Waals surface area contributed by atoms with E-state index >= 15 is 0 Å². The molecule has 1 aliphatic rings. The Labute approximate surface area is 147 Å². The van der Waals surface area contributed by atoms with Crippen molar-refractivity contribution in [3.8, 4) is 5.75 Å². The van der Waals surface area contributed by atoms with Crippen molar-refractivity contribution in [1.29, 1.82) is 0 Å². The lowest BCUT2D eigenvalue weighted by atomic mass is 10.1. The zero-order valence-corrected chi connectivity index (χ0v) is 14.2. The Morgan fingerprint density at radius 2 is 2.33 bits per heavy atom. The molecule has 2 aromatic heterocycles. The summed E-state index contributed by atoms with van der Waals surface area (Å²) in [5, 5.41) is 12.2. The molecule has 0 aliphatic heterocycles. The van der Waals surface area contributed by atoms with E-state index in [1.54, 1.807) is 12.3 Å². The number of thiophene rings is 1. The van der Waals surface area contributed by atoms with Crippen molar-refractivity contribution in [3.63, 3.8) is 0 Å². The first-order valence-corrected chi connectivity index (χ1v) is 8.89. The van der Waals surface area contributed by atoms with Crippen molar-refractivity contribution >= 4 is 39.0 Å². The van der Waals surface area contributed by atoms with Crippen molar-refractivity contribution in [1.82, 2.24) is 4.98 Å². The predicted molar refractivity (Wildman–Crippen MR) is 94.1 cm³/mol. The maximum atomic E-state index is 11.0. The molecule has 1 atom stereocenters. The summed E-state index contributed by atoms with van der Waals surface area (Å²) in [7, 11) is 0. The number of ether oxygens (including phenoxy) is 1. The lowest BCUT2D eigenvalue weighted by Crippen LogP contribution is -2.03. The molecule has 0 radical (unpaired) electrons. The number of halogens is 1. The van der Waals surface area contributed by atoms with Crippen LogP contribution in [-0.2, 0) is 17.6 Å². The number of fused-ring (bicyclic) bond motifs is 2. The number of rotatable bonds is 4. The second kappa shape index (κ2) is 6.07. The van der Waals surface area contributed by atoms with Crippen LogP contribution in [0.4, 0.5) is 0 Å². The van der Waals surface area contributed by atoms with Gasteiger partial charge in [-0.2, -0.15) is 0 Å². The molecular weight excluding hydrogens is 346 g/mol. The fourth-order valence-corrected chi connectivity index (χ4v) is 4.58. The van der Waals surface area contributed by atoms with Crippen LogP contribution >= 0.6 is 22.9 Å². The van der Waals surface area contributed by atoms with E-state index in [9.17, 15) is 4.79 Å². The molecule has 0 saturated heterocycles. The number of hydrogen-bond acceptors (Lipinski definition) is 4. The van der Waals surface area contributed by atoms with Gasteiger partial charge in [-0.05, 0) is 42.0 Å². The molecule has 3 aromatic rings. The number of aryl methyl sites for hydroxylation is 1. The van der Waals surface area contributed by atoms with Gasteiger partial charge in [-0.3, -0.25) is 9.78 Å². The van der Waals surface area contributed by atoms with Crippen LogP contribution in [0.25, 0.3) is 10.1 Å². The van der Waals surface area contributed by atoms with Gasteiger partial charge in [0, 0.05) is 27.5 Å². The van der Waals surface area contributed by atoms with Crippen molar-refractivity contribution in [3.05, 3.63) is 57.7 Å². The quantitative estimate of drug-likeness (QED) is 0.737. The SMILES string of the molecule is O=C(O)Cc1csc2cc(OC3CCc4ncccc43)cc(Cl)c12. The highest BCUT2D eigenvalue weighted by Gasteiger charge is 2.25. The summed E-state index contributed by atoms with van der Waals surface area (Å²) in [5.74, 6) is -0.154. The van der Waals surface area contributed by atoms with Gasteiger partial charge in [-0.15, -0.1) is 11.3 Å². The molecule has 1 aromatic carbocycles. The number of benzene rings is 1. The summed E-state index contributed by atoms with van der Waals surface area (Å²) in [5.41, 5.74) is 2.97. The molecular formula is C18H14ClNO3S. The van der Waals surface area contributed by atoms with E-state index in [0.29, 0.717) is 10.8 Å². The second-order valence-corrected chi connectivity index (χ2v) is 7.11. The fourth-order valence-electron chi connectivity index (χ4n) is 3.18. The second-order valence-electron chi connectivity index (χ2n) is 5.79. The molecule has 6 heteroatoms. The van der Waals surface area contributed by atoms with E-state index in [4.69, 9.17) is 21.4 Å². The molecule has 0 spiro atoms. The molecule has 0 saturated carbocycles. The van der Waals surface area contributed by atoms with Crippen LogP contribution in [0.15, 0.2) is 35.8 Å². The Balaban J connectivity index is 1.66. The molecule has 0 amide bonds. The molecule has 2 heterocycles. The molecule has 4 nitrogen and oxygen atoms in total. The van der Waals surface area contributed by atoms with Gasteiger partial charge in [-0.1, -0.05) is 17.7 Å². The molecule has 122 valence electrons. The molecule has 24 heavy (non-hydrogen) atoms. The topological polar surface area (TPSA) is 59.4 Å². The largest absolute Gasteiger partial charge is 0.486 e. The Morgan fingerprint density at radius 3 is 3.17 bits per heavy atom. The summed E-state index contributed by atoms with van der Waals surface area (Å²) in [6.45, 7) is 0. The van der Waals surface area contributed by atoms with E-state index in [0.717, 1.165) is 39.7 Å². The smallest absolute Gasteiger partial charge is 0.307 e. The Hall–Kier alpha value is -2.11. The van der Waals surface area contributed by atoms with Gasteiger partial charge in [0.2, 0.25) is 0 Å². The minimum Gasteiger partial charge on any atom is -0.486 e. The number of nitrogens with zero attached hydrogens (tertiary/aromatic N) is 1. The molecule has 0 bridgehead atoms. The average molecular weight is 360 g/mol. The summed E-state index contributed by atoms with van der Waals surface area (Å²) in [4.78, 5) is 15.4. The van der Waals surface area contributed by atoms with Crippen molar-refractivity contribution in [2.24, 2.45) is 0 Å². The van der Waals surface area contributed by atoms with E-state index in [2.05, 4.69) is 11.1 Å². The van der Waals surface area contributed by atoms with Gasteiger partial charge in [0.05, 0.1) is 11.4 Å². The van der Waals surface area contributed by atoms with Gasteiger partial charge in [-0.25, -0.2) is 0 Å². The number of aliphatic carboxylic acids is 1. The summed E-state index contributed by atoms with van der Waals surface area (Å²) >= 11 is 7.89. The molecule has 1 aliphatic carbocycles. The van der Waals surface area contributed by atoms with E-state index < -0.39 is 5.97 Å². The van der Waals surface area contributed by atoms with Crippen molar-refractivity contribution in [2.75, 3.05) is 0 Å².